The maximum Gasteiger partial charge on any atom is 0.410 e. The van der Waals surface area contributed by atoms with E-state index < -0.39 is 15.4 Å². The zero-order valence-corrected chi connectivity index (χ0v) is 17.5. The number of ether oxygens (including phenoxy) is 1. The predicted molar refractivity (Wildman–Crippen MR) is 99.0 cm³/mol. The highest BCUT2D eigenvalue weighted by Gasteiger charge is 2.33. The number of carbonyl (C=O) groups is 1. The molecule has 1 unspecified atom stereocenters. The Hall–Kier alpha value is -1.68. The largest absolute Gasteiger partial charge is 0.444 e. The Kier molecular flexibility index (Phi) is 4.76. The molecular weight excluding hydrogens is 424 g/mol. The highest BCUT2D eigenvalue weighted by molar-refractivity contribution is 9.10. The number of nitrogens with zero attached hydrogens (tertiary/aromatic N) is 4. The lowest BCUT2D eigenvalue weighted by Crippen LogP contribution is -2.35. The van der Waals surface area contributed by atoms with Gasteiger partial charge in [-0.05, 0) is 43.1 Å². The summed E-state index contributed by atoms with van der Waals surface area (Å²) in [6.45, 7) is 6.53. The van der Waals surface area contributed by atoms with Crippen molar-refractivity contribution < 1.29 is 17.9 Å². The number of carbonyl (C=O) groups excluding carboxylic acids is 1. The Morgan fingerprint density at radius 3 is 2.69 bits per heavy atom. The molecule has 3 rings (SSSR count). The summed E-state index contributed by atoms with van der Waals surface area (Å²) >= 11 is 3.51. The summed E-state index contributed by atoms with van der Waals surface area (Å²) in [5.41, 5.74) is 0.455. The van der Waals surface area contributed by atoms with Crippen molar-refractivity contribution in [2.45, 2.75) is 43.7 Å². The van der Waals surface area contributed by atoms with Crippen LogP contribution in [0.15, 0.2) is 22.0 Å². The molecule has 0 spiro atoms. The Morgan fingerprint density at radius 2 is 2.08 bits per heavy atom. The van der Waals surface area contributed by atoms with Crippen molar-refractivity contribution in [3.05, 3.63) is 22.7 Å². The van der Waals surface area contributed by atoms with E-state index in [1.807, 2.05) is 20.8 Å². The lowest BCUT2D eigenvalue weighted by molar-refractivity contribution is 0.0292. The first-order valence-electron chi connectivity index (χ1n) is 8.18. The molecule has 3 heterocycles. The maximum absolute atomic E-state index is 12.3. The Labute approximate surface area is 160 Å². The molecule has 8 nitrogen and oxygen atoms in total. The van der Waals surface area contributed by atoms with Gasteiger partial charge >= 0.3 is 6.09 Å². The van der Waals surface area contributed by atoms with Gasteiger partial charge in [0, 0.05) is 37.7 Å². The molecule has 0 bridgehead atoms. The highest BCUT2D eigenvalue weighted by Crippen LogP contribution is 2.34. The molecule has 2 aromatic heterocycles. The fourth-order valence-electron chi connectivity index (χ4n) is 2.94. The van der Waals surface area contributed by atoms with E-state index in [9.17, 15) is 13.2 Å². The average molecular weight is 445 g/mol. The number of hydrogen-bond acceptors (Lipinski definition) is 6. The summed E-state index contributed by atoms with van der Waals surface area (Å²) in [6, 6.07) is 0. The van der Waals surface area contributed by atoms with Gasteiger partial charge in [0.15, 0.2) is 20.5 Å². The molecule has 1 aliphatic rings. The molecule has 1 saturated heterocycles. The molecule has 1 aliphatic heterocycles. The predicted octanol–water partition coefficient (Wildman–Crippen LogP) is 2.62. The highest BCUT2D eigenvalue weighted by atomic mass is 79.9. The topological polar surface area (TPSA) is 93.9 Å². The van der Waals surface area contributed by atoms with Crippen LogP contribution in [0.1, 0.15) is 38.8 Å². The number of imidazole rings is 1. The normalized spacial score (nSPS) is 18.5. The van der Waals surface area contributed by atoms with Crippen molar-refractivity contribution in [1.82, 2.24) is 19.3 Å². The van der Waals surface area contributed by atoms with E-state index in [0.717, 1.165) is 12.7 Å². The Morgan fingerprint density at radius 1 is 1.38 bits per heavy atom. The molecule has 142 valence electrons. The lowest BCUT2D eigenvalue weighted by atomic mass is 10.1. The zero-order chi connectivity index (χ0) is 19.3. The van der Waals surface area contributed by atoms with E-state index in [-0.39, 0.29) is 22.7 Å². The minimum Gasteiger partial charge on any atom is -0.444 e. The minimum absolute atomic E-state index is 0.01000. The van der Waals surface area contributed by atoms with E-state index in [1.54, 1.807) is 15.5 Å². The molecule has 1 fully saturated rings. The maximum atomic E-state index is 12.3. The van der Waals surface area contributed by atoms with Crippen LogP contribution in [-0.4, -0.2) is 58.7 Å². The van der Waals surface area contributed by atoms with E-state index in [0.29, 0.717) is 23.4 Å². The van der Waals surface area contributed by atoms with Crippen LogP contribution in [0.4, 0.5) is 4.79 Å². The van der Waals surface area contributed by atoms with Gasteiger partial charge in [0.1, 0.15) is 10.2 Å². The molecule has 1 amide bonds. The van der Waals surface area contributed by atoms with Crippen LogP contribution in [0.2, 0.25) is 0 Å². The summed E-state index contributed by atoms with van der Waals surface area (Å²) in [7, 11) is -3.50. The quantitative estimate of drug-likeness (QED) is 0.706. The monoisotopic (exact) mass is 444 g/mol. The molecule has 26 heavy (non-hydrogen) atoms. The van der Waals surface area contributed by atoms with Crippen LogP contribution in [-0.2, 0) is 14.6 Å². The van der Waals surface area contributed by atoms with Crippen molar-refractivity contribution in [3.8, 4) is 0 Å². The van der Waals surface area contributed by atoms with E-state index in [1.165, 1.54) is 6.20 Å². The number of hydrogen-bond donors (Lipinski definition) is 0. The minimum atomic E-state index is -3.50. The van der Waals surface area contributed by atoms with Crippen LogP contribution < -0.4 is 0 Å². The molecule has 0 N–H and O–H groups in total. The number of fused-ring (bicyclic) bond motifs is 1. The van der Waals surface area contributed by atoms with Crippen LogP contribution in [0.3, 0.4) is 0 Å². The first-order chi connectivity index (χ1) is 12.0. The van der Waals surface area contributed by atoms with Gasteiger partial charge in [0.25, 0.3) is 0 Å². The summed E-state index contributed by atoms with van der Waals surface area (Å²) < 4.78 is 31.7. The van der Waals surface area contributed by atoms with Gasteiger partial charge in [-0.2, -0.15) is 0 Å². The molecule has 0 aliphatic carbocycles. The van der Waals surface area contributed by atoms with Crippen LogP contribution in [0.25, 0.3) is 5.65 Å². The number of halogens is 1. The zero-order valence-electron chi connectivity index (χ0n) is 15.1. The molecule has 0 aromatic carbocycles. The van der Waals surface area contributed by atoms with Crippen molar-refractivity contribution in [2.24, 2.45) is 0 Å². The van der Waals surface area contributed by atoms with Gasteiger partial charge in [-0.15, -0.1) is 0 Å². The third kappa shape index (κ3) is 3.71. The van der Waals surface area contributed by atoms with Crippen molar-refractivity contribution >= 4 is 37.5 Å². The number of rotatable bonds is 2. The van der Waals surface area contributed by atoms with Gasteiger partial charge in [-0.1, -0.05) is 0 Å². The van der Waals surface area contributed by atoms with Crippen molar-refractivity contribution in [2.75, 3.05) is 19.3 Å². The summed E-state index contributed by atoms with van der Waals surface area (Å²) in [6.07, 6.45) is 4.58. The molecule has 10 heteroatoms. The van der Waals surface area contributed by atoms with Crippen LogP contribution >= 0.6 is 15.9 Å². The first kappa shape index (κ1) is 19.1. The molecular formula is C16H21BrN4O4S. The number of amides is 1. The summed E-state index contributed by atoms with van der Waals surface area (Å²) in [4.78, 5) is 22.4. The third-order valence-corrected chi connectivity index (χ3v) is 5.83. The van der Waals surface area contributed by atoms with Gasteiger partial charge in [-0.3, -0.25) is 4.40 Å². The Balaban J connectivity index is 1.91. The Bertz CT molecular complexity index is 965. The van der Waals surface area contributed by atoms with Gasteiger partial charge in [-0.25, -0.2) is 23.2 Å². The van der Waals surface area contributed by atoms with E-state index >= 15 is 0 Å². The second-order valence-electron chi connectivity index (χ2n) is 7.40. The van der Waals surface area contributed by atoms with Gasteiger partial charge in [0.2, 0.25) is 0 Å². The van der Waals surface area contributed by atoms with Crippen LogP contribution in [0, 0.1) is 0 Å². The second-order valence-corrected chi connectivity index (χ2v) is 10.1. The number of aromatic nitrogens is 3. The van der Waals surface area contributed by atoms with Crippen LogP contribution in [0.5, 0.6) is 0 Å². The van der Waals surface area contributed by atoms with E-state index in [4.69, 9.17) is 4.74 Å². The first-order valence-corrected chi connectivity index (χ1v) is 10.9. The molecule has 1 atom stereocenters. The fraction of sp³-hybridized carbons (Fsp3) is 0.562. The average Bonchev–Trinajstić information content (AvgIpc) is 3.09. The van der Waals surface area contributed by atoms with Crippen molar-refractivity contribution in [3.63, 3.8) is 0 Å². The third-order valence-electron chi connectivity index (χ3n) is 4.05. The molecule has 0 saturated carbocycles. The second kappa shape index (κ2) is 6.49. The number of likely N-dealkylation sites (tertiary alicyclic amines) is 1. The lowest BCUT2D eigenvalue weighted by Gasteiger charge is -2.24. The molecule has 0 radical (unpaired) electrons. The van der Waals surface area contributed by atoms with E-state index in [2.05, 4.69) is 25.9 Å². The summed E-state index contributed by atoms with van der Waals surface area (Å²) in [5.74, 6) is -0.01000. The van der Waals surface area contributed by atoms with Crippen molar-refractivity contribution in [1.29, 1.82) is 0 Å². The summed E-state index contributed by atoms with van der Waals surface area (Å²) in [5, 5.41) is -0.0612. The SMILES string of the molecule is CC(C)(C)OC(=O)N1CCC(c2nc3c(S(C)(=O)=O)nccn3c2Br)C1. The fourth-order valence-corrected chi connectivity index (χ4v) is 4.37. The van der Waals surface area contributed by atoms with Gasteiger partial charge < -0.3 is 9.64 Å². The smallest absolute Gasteiger partial charge is 0.410 e. The standard InChI is InChI=1S/C16H21BrN4O4S/c1-16(2,3)25-15(22)20-7-5-10(9-20)11-12(17)21-8-6-18-14(13(21)19-11)26(4,23)24/h6,8,10H,5,7,9H2,1-4H3. The van der Waals surface area contributed by atoms with Gasteiger partial charge in [0.05, 0.1) is 5.69 Å². The number of sulfone groups is 1. The molecule has 2 aromatic rings.